The summed E-state index contributed by atoms with van der Waals surface area (Å²) in [6.45, 7) is 0.380. The molecule has 0 spiro atoms. The van der Waals surface area contributed by atoms with Gasteiger partial charge in [-0.2, -0.15) is 0 Å². The van der Waals surface area contributed by atoms with E-state index in [1.54, 1.807) is 0 Å². The van der Waals surface area contributed by atoms with Gasteiger partial charge >= 0.3 is 0 Å². The van der Waals surface area contributed by atoms with Gasteiger partial charge in [0.05, 0.1) is 16.4 Å². The molecular formula is C10H11ClFN3O. The van der Waals surface area contributed by atoms with E-state index in [4.69, 9.17) is 23.1 Å². The van der Waals surface area contributed by atoms with Gasteiger partial charge in [-0.15, -0.1) is 0 Å². The molecule has 2 rings (SSSR count). The van der Waals surface area contributed by atoms with Crippen molar-refractivity contribution in [3.05, 3.63) is 23.0 Å². The van der Waals surface area contributed by atoms with E-state index in [1.165, 1.54) is 11.0 Å². The smallest absolute Gasteiger partial charge is 0.228 e. The monoisotopic (exact) mass is 243 g/mol. The number of halogens is 2. The molecule has 1 atom stereocenters. The zero-order chi connectivity index (χ0) is 11.9. The van der Waals surface area contributed by atoms with E-state index < -0.39 is 5.82 Å². The topological polar surface area (TPSA) is 72.3 Å². The summed E-state index contributed by atoms with van der Waals surface area (Å²) in [6, 6.07) is 2.24. The molecule has 1 saturated heterocycles. The number of nitrogen functional groups attached to an aromatic ring is 1. The van der Waals surface area contributed by atoms with Crippen molar-refractivity contribution in [2.75, 3.05) is 17.2 Å². The van der Waals surface area contributed by atoms with Crippen LogP contribution in [0, 0.1) is 5.82 Å². The van der Waals surface area contributed by atoms with Gasteiger partial charge in [-0.3, -0.25) is 4.79 Å². The van der Waals surface area contributed by atoms with Crippen molar-refractivity contribution in [3.63, 3.8) is 0 Å². The maximum Gasteiger partial charge on any atom is 0.228 e. The van der Waals surface area contributed by atoms with Crippen molar-refractivity contribution in [3.8, 4) is 0 Å². The standard InChI is InChI=1S/C10H11ClFN3O/c11-6-2-9(8(14)3-7(6)12)15-4-5(13)1-10(15)16/h2-3,5H,1,4,13-14H2. The van der Waals surface area contributed by atoms with Crippen LogP contribution in [0.2, 0.25) is 5.02 Å². The molecule has 1 aromatic rings. The molecule has 4 nitrogen and oxygen atoms in total. The van der Waals surface area contributed by atoms with E-state index in [1.807, 2.05) is 0 Å². The first-order valence-electron chi connectivity index (χ1n) is 4.79. The molecule has 16 heavy (non-hydrogen) atoms. The highest BCUT2D eigenvalue weighted by Crippen LogP contribution is 2.31. The Morgan fingerprint density at radius 3 is 2.75 bits per heavy atom. The average Bonchev–Trinajstić information content (AvgIpc) is 2.51. The number of anilines is 2. The minimum absolute atomic E-state index is 0.0579. The summed E-state index contributed by atoms with van der Waals surface area (Å²) in [6.07, 6.45) is 0.272. The Balaban J connectivity index is 2.41. The van der Waals surface area contributed by atoms with Crippen LogP contribution in [0.4, 0.5) is 15.8 Å². The minimum Gasteiger partial charge on any atom is -0.397 e. The fraction of sp³-hybridized carbons (Fsp3) is 0.300. The van der Waals surface area contributed by atoms with E-state index in [0.29, 0.717) is 12.2 Å². The molecule has 0 aromatic heterocycles. The third-order valence-corrected chi connectivity index (χ3v) is 2.80. The second kappa shape index (κ2) is 3.92. The van der Waals surface area contributed by atoms with E-state index in [2.05, 4.69) is 0 Å². The third-order valence-electron chi connectivity index (χ3n) is 2.52. The lowest BCUT2D eigenvalue weighted by Crippen LogP contribution is -2.28. The van der Waals surface area contributed by atoms with Crippen molar-refractivity contribution >= 4 is 28.9 Å². The predicted octanol–water partition coefficient (Wildman–Crippen LogP) is 1.13. The zero-order valence-electron chi connectivity index (χ0n) is 8.41. The molecule has 0 saturated carbocycles. The lowest BCUT2D eigenvalue weighted by Gasteiger charge is -2.18. The van der Waals surface area contributed by atoms with E-state index >= 15 is 0 Å². The van der Waals surface area contributed by atoms with Gasteiger partial charge in [0.1, 0.15) is 5.82 Å². The van der Waals surface area contributed by atoms with Crippen LogP contribution >= 0.6 is 11.6 Å². The SMILES string of the molecule is Nc1cc(F)c(Cl)cc1N1CC(N)CC1=O. The summed E-state index contributed by atoms with van der Waals surface area (Å²) in [7, 11) is 0. The molecule has 1 unspecified atom stereocenters. The fourth-order valence-corrected chi connectivity index (χ4v) is 1.91. The maximum atomic E-state index is 13.1. The summed E-state index contributed by atoms with van der Waals surface area (Å²) < 4.78 is 13.1. The molecule has 1 fully saturated rings. The van der Waals surface area contributed by atoms with Gasteiger partial charge < -0.3 is 16.4 Å². The van der Waals surface area contributed by atoms with Crippen molar-refractivity contribution in [2.24, 2.45) is 5.73 Å². The highest BCUT2D eigenvalue weighted by molar-refractivity contribution is 6.31. The van der Waals surface area contributed by atoms with Gasteiger partial charge in [0.15, 0.2) is 0 Å². The number of hydrogen-bond acceptors (Lipinski definition) is 3. The van der Waals surface area contributed by atoms with Crippen LogP contribution in [0.1, 0.15) is 6.42 Å². The number of carbonyl (C=O) groups is 1. The first-order chi connectivity index (χ1) is 7.49. The first kappa shape index (κ1) is 11.2. The first-order valence-corrected chi connectivity index (χ1v) is 5.17. The van der Waals surface area contributed by atoms with Crippen LogP contribution in [-0.4, -0.2) is 18.5 Å². The van der Waals surface area contributed by atoms with Crippen molar-refractivity contribution in [2.45, 2.75) is 12.5 Å². The Bertz CT molecular complexity index is 452. The van der Waals surface area contributed by atoms with Gasteiger partial charge in [0.2, 0.25) is 5.91 Å². The molecule has 0 radical (unpaired) electrons. The Kier molecular flexibility index (Phi) is 2.73. The van der Waals surface area contributed by atoms with Crippen LogP contribution in [0.15, 0.2) is 12.1 Å². The number of nitrogens with zero attached hydrogens (tertiary/aromatic N) is 1. The van der Waals surface area contributed by atoms with E-state index in [-0.39, 0.29) is 29.1 Å². The molecule has 6 heteroatoms. The molecular weight excluding hydrogens is 233 g/mol. The molecule has 1 aromatic carbocycles. The zero-order valence-corrected chi connectivity index (χ0v) is 9.17. The minimum atomic E-state index is -0.598. The van der Waals surface area contributed by atoms with Crippen molar-refractivity contribution in [1.82, 2.24) is 0 Å². The third kappa shape index (κ3) is 1.83. The summed E-state index contributed by atoms with van der Waals surface area (Å²) in [5, 5.41) is -0.0579. The largest absolute Gasteiger partial charge is 0.397 e. The quantitative estimate of drug-likeness (QED) is 0.726. The molecule has 1 heterocycles. The summed E-state index contributed by atoms with van der Waals surface area (Å²) in [5.41, 5.74) is 11.9. The Hall–Kier alpha value is -1.33. The van der Waals surface area contributed by atoms with Crippen molar-refractivity contribution in [1.29, 1.82) is 0 Å². The van der Waals surface area contributed by atoms with E-state index in [9.17, 15) is 9.18 Å². The fourth-order valence-electron chi connectivity index (χ4n) is 1.75. The number of rotatable bonds is 1. The summed E-state index contributed by atoms with van der Waals surface area (Å²) in [4.78, 5) is 13.0. The van der Waals surface area contributed by atoms with Gasteiger partial charge in [-0.25, -0.2) is 4.39 Å². The molecule has 1 aliphatic heterocycles. The molecule has 1 amide bonds. The lowest BCUT2D eigenvalue weighted by molar-refractivity contribution is -0.117. The van der Waals surface area contributed by atoms with E-state index in [0.717, 1.165) is 6.07 Å². The average molecular weight is 244 g/mol. The Morgan fingerprint density at radius 2 is 2.19 bits per heavy atom. The lowest BCUT2D eigenvalue weighted by atomic mass is 10.2. The number of carbonyl (C=O) groups excluding carboxylic acids is 1. The Morgan fingerprint density at radius 1 is 1.50 bits per heavy atom. The Labute approximate surface area is 97.0 Å². The van der Waals surface area contributed by atoms with Crippen LogP contribution in [-0.2, 0) is 4.79 Å². The molecule has 4 N–H and O–H groups in total. The molecule has 86 valence electrons. The summed E-state index contributed by atoms with van der Waals surface area (Å²) in [5.74, 6) is -0.722. The molecule has 0 bridgehead atoms. The van der Waals surface area contributed by atoms with Crippen LogP contribution in [0.3, 0.4) is 0 Å². The molecule has 0 aliphatic carbocycles. The van der Waals surface area contributed by atoms with Crippen LogP contribution in [0.5, 0.6) is 0 Å². The van der Waals surface area contributed by atoms with Crippen molar-refractivity contribution < 1.29 is 9.18 Å². The van der Waals surface area contributed by atoms with Crippen LogP contribution in [0.25, 0.3) is 0 Å². The maximum absolute atomic E-state index is 13.1. The van der Waals surface area contributed by atoms with Gasteiger partial charge in [0, 0.05) is 25.1 Å². The van der Waals surface area contributed by atoms with Crippen LogP contribution < -0.4 is 16.4 Å². The normalized spacial score (nSPS) is 20.6. The number of benzene rings is 1. The number of amides is 1. The second-order valence-corrected chi connectivity index (χ2v) is 4.20. The predicted molar refractivity (Wildman–Crippen MR) is 60.8 cm³/mol. The highest BCUT2D eigenvalue weighted by Gasteiger charge is 2.29. The number of hydrogen-bond donors (Lipinski definition) is 2. The highest BCUT2D eigenvalue weighted by atomic mass is 35.5. The summed E-state index contributed by atoms with van der Waals surface area (Å²) >= 11 is 5.65. The molecule has 1 aliphatic rings. The van der Waals surface area contributed by atoms with Gasteiger partial charge in [-0.05, 0) is 6.07 Å². The number of nitrogens with two attached hydrogens (primary N) is 2. The van der Waals surface area contributed by atoms with Gasteiger partial charge in [-0.1, -0.05) is 11.6 Å². The second-order valence-electron chi connectivity index (χ2n) is 3.79. The van der Waals surface area contributed by atoms with Gasteiger partial charge in [0.25, 0.3) is 0 Å².